The highest BCUT2D eigenvalue weighted by Crippen LogP contribution is 2.62. The normalized spacial score (nSPS) is 21.5. The van der Waals surface area contributed by atoms with Gasteiger partial charge in [0.2, 0.25) is 0 Å². The summed E-state index contributed by atoms with van der Waals surface area (Å²) >= 11 is 0. The molecule has 1 spiro atoms. The lowest BCUT2D eigenvalue weighted by atomic mass is 9.64. The van der Waals surface area contributed by atoms with Crippen molar-refractivity contribution in [2.24, 2.45) is 5.41 Å². The summed E-state index contributed by atoms with van der Waals surface area (Å²) in [4.78, 5) is 46.0. The maximum Gasteiger partial charge on any atom is 0.185 e. The molecule has 0 saturated carbocycles. The molecule has 3 aliphatic rings. The number of nitrogens with zero attached hydrogens (tertiary/aromatic N) is 1. The number of rotatable bonds is 5. The van der Waals surface area contributed by atoms with Crippen molar-refractivity contribution in [3.63, 3.8) is 0 Å². The monoisotopic (exact) mass is 543 g/mol. The quantitative estimate of drug-likeness (QED) is 0.211. The number of anilines is 1. The Morgan fingerprint density at radius 2 is 1.54 bits per heavy atom. The average molecular weight is 544 g/mol. The minimum atomic E-state index is -1.64. The molecule has 6 heteroatoms. The van der Waals surface area contributed by atoms with Crippen LogP contribution in [0.2, 0.25) is 0 Å². The zero-order valence-electron chi connectivity index (χ0n) is 22.3. The molecular formula is C35H26FNO4. The van der Waals surface area contributed by atoms with Crippen LogP contribution in [0.3, 0.4) is 0 Å². The van der Waals surface area contributed by atoms with Crippen LogP contribution in [-0.4, -0.2) is 36.0 Å². The molecule has 4 aromatic rings. The maximum atomic E-state index is 14.7. The second-order valence-corrected chi connectivity index (χ2v) is 10.6. The Bertz CT molecular complexity index is 1730. The van der Waals surface area contributed by atoms with Crippen LogP contribution < -0.4 is 9.64 Å². The van der Waals surface area contributed by atoms with Crippen molar-refractivity contribution in [1.82, 2.24) is 0 Å². The van der Waals surface area contributed by atoms with E-state index in [0.717, 1.165) is 0 Å². The van der Waals surface area contributed by atoms with E-state index in [1.807, 2.05) is 42.2 Å². The summed E-state index contributed by atoms with van der Waals surface area (Å²) in [5.41, 5.74) is 1.31. The molecule has 4 aromatic carbocycles. The fraction of sp³-hybridized carbons (Fsp3) is 0.171. The Kier molecular flexibility index (Phi) is 5.75. The Balaban J connectivity index is 1.57. The van der Waals surface area contributed by atoms with Crippen LogP contribution in [0.15, 0.2) is 103 Å². The second kappa shape index (κ2) is 9.37. The SMILES string of the molecule is CCOc1ccccc1[C@@H]1[C@H](C(=O)c2ccccc2)N2c3ccc(F)cc3C=C[C@H]2C12C(=O)c1ccccc1C2=O. The van der Waals surface area contributed by atoms with Gasteiger partial charge in [0.1, 0.15) is 23.0 Å². The predicted octanol–water partition coefficient (Wildman–Crippen LogP) is 6.54. The predicted molar refractivity (Wildman–Crippen MR) is 154 cm³/mol. The number of hydrogen-bond donors (Lipinski definition) is 0. The molecule has 41 heavy (non-hydrogen) atoms. The lowest BCUT2D eigenvalue weighted by Gasteiger charge is -2.37. The van der Waals surface area contributed by atoms with Gasteiger partial charge in [0.25, 0.3) is 0 Å². The van der Waals surface area contributed by atoms with Crippen molar-refractivity contribution in [1.29, 1.82) is 0 Å². The van der Waals surface area contributed by atoms with E-state index in [0.29, 0.717) is 45.9 Å². The van der Waals surface area contributed by atoms with E-state index < -0.39 is 29.2 Å². The van der Waals surface area contributed by atoms with Crippen LogP contribution in [0, 0.1) is 11.2 Å². The maximum absolute atomic E-state index is 14.7. The molecule has 0 bridgehead atoms. The van der Waals surface area contributed by atoms with Gasteiger partial charge in [-0.25, -0.2) is 4.39 Å². The number of halogens is 1. The van der Waals surface area contributed by atoms with E-state index in [4.69, 9.17) is 4.74 Å². The lowest BCUT2D eigenvalue weighted by Crippen LogP contribution is -2.48. The topological polar surface area (TPSA) is 63.7 Å². The molecule has 1 fully saturated rings. The number of para-hydroxylation sites is 1. The smallest absolute Gasteiger partial charge is 0.185 e. The van der Waals surface area contributed by atoms with Gasteiger partial charge in [-0.2, -0.15) is 0 Å². The van der Waals surface area contributed by atoms with Crippen LogP contribution in [0.1, 0.15) is 55.0 Å². The highest BCUT2D eigenvalue weighted by molar-refractivity contribution is 6.32. The van der Waals surface area contributed by atoms with E-state index >= 15 is 0 Å². The first-order valence-corrected chi connectivity index (χ1v) is 13.7. The minimum absolute atomic E-state index is 0.231. The summed E-state index contributed by atoms with van der Waals surface area (Å²) in [6.07, 6.45) is 3.55. The highest BCUT2D eigenvalue weighted by Gasteiger charge is 2.71. The molecule has 0 unspecified atom stereocenters. The van der Waals surface area contributed by atoms with Crippen molar-refractivity contribution in [2.75, 3.05) is 11.5 Å². The average Bonchev–Trinajstić information content (AvgIpc) is 3.43. The molecule has 1 saturated heterocycles. The molecule has 202 valence electrons. The number of Topliss-reactive ketones (excluding diaryl/α,β-unsaturated/α-hetero) is 3. The summed E-state index contributed by atoms with van der Waals surface area (Å²) in [6, 6.07) is 25.7. The van der Waals surface area contributed by atoms with Crippen molar-refractivity contribution in [3.8, 4) is 5.75 Å². The van der Waals surface area contributed by atoms with Crippen LogP contribution in [0.4, 0.5) is 10.1 Å². The molecule has 7 rings (SSSR count). The Morgan fingerprint density at radius 1 is 0.878 bits per heavy atom. The first-order chi connectivity index (χ1) is 20.0. The molecule has 2 aliphatic heterocycles. The van der Waals surface area contributed by atoms with Crippen molar-refractivity contribution in [2.45, 2.75) is 24.9 Å². The summed E-state index contributed by atoms with van der Waals surface area (Å²) in [6.45, 7) is 2.23. The van der Waals surface area contributed by atoms with Gasteiger partial charge in [-0.15, -0.1) is 0 Å². The first kappa shape index (κ1) is 25.1. The van der Waals surface area contributed by atoms with Gasteiger partial charge in [0.15, 0.2) is 17.3 Å². The van der Waals surface area contributed by atoms with Gasteiger partial charge in [0, 0.05) is 39.4 Å². The molecule has 0 aromatic heterocycles. The molecule has 3 atom stereocenters. The van der Waals surface area contributed by atoms with Crippen molar-refractivity contribution >= 4 is 29.1 Å². The molecule has 2 heterocycles. The number of hydrogen-bond acceptors (Lipinski definition) is 5. The van der Waals surface area contributed by atoms with Gasteiger partial charge in [-0.1, -0.05) is 84.9 Å². The summed E-state index contributed by atoms with van der Waals surface area (Å²) in [5, 5.41) is 0. The van der Waals surface area contributed by atoms with E-state index in [1.165, 1.54) is 12.1 Å². The van der Waals surface area contributed by atoms with Gasteiger partial charge >= 0.3 is 0 Å². The van der Waals surface area contributed by atoms with Gasteiger partial charge in [0.05, 0.1) is 12.6 Å². The van der Waals surface area contributed by atoms with Crippen LogP contribution >= 0.6 is 0 Å². The fourth-order valence-corrected chi connectivity index (χ4v) is 7.09. The number of carbonyl (C=O) groups excluding carboxylic acids is 3. The zero-order chi connectivity index (χ0) is 28.3. The summed E-state index contributed by atoms with van der Waals surface area (Å²) in [5.74, 6) is -1.65. The minimum Gasteiger partial charge on any atom is -0.494 e. The molecule has 1 aliphatic carbocycles. The number of benzene rings is 4. The molecule has 0 N–H and O–H groups in total. The summed E-state index contributed by atoms with van der Waals surface area (Å²) in [7, 11) is 0. The fourth-order valence-electron chi connectivity index (χ4n) is 7.09. The summed E-state index contributed by atoms with van der Waals surface area (Å²) < 4.78 is 20.4. The Hall–Kier alpha value is -4.84. The van der Waals surface area contributed by atoms with Crippen LogP contribution in [-0.2, 0) is 0 Å². The molecule has 5 nitrogen and oxygen atoms in total. The van der Waals surface area contributed by atoms with Gasteiger partial charge in [-0.05, 0) is 31.2 Å². The third kappa shape index (κ3) is 3.43. The van der Waals surface area contributed by atoms with E-state index in [1.54, 1.807) is 66.7 Å². The Morgan fingerprint density at radius 3 is 2.24 bits per heavy atom. The third-order valence-corrected chi connectivity index (χ3v) is 8.65. The number of ketones is 3. The molecule has 0 amide bonds. The van der Waals surface area contributed by atoms with Crippen molar-refractivity contribution in [3.05, 3.63) is 137 Å². The number of ether oxygens (including phenoxy) is 1. The van der Waals surface area contributed by atoms with E-state index in [2.05, 4.69) is 0 Å². The van der Waals surface area contributed by atoms with Gasteiger partial charge in [-0.3, -0.25) is 14.4 Å². The highest BCUT2D eigenvalue weighted by atomic mass is 19.1. The zero-order valence-corrected chi connectivity index (χ0v) is 22.3. The third-order valence-electron chi connectivity index (χ3n) is 8.65. The van der Waals surface area contributed by atoms with Crippen molar-refractivity contribution < 1.29 is 23.5 Å². The largest absolute Gasteiger partial charge is 0.494 e. The number of carbonyl (C=O) groups is 3. The van der Waals surface area contributed by atoms with E-state index in [-0.39, 0.29) is 17.3 Å². The van der Waals surface area contributed by atoms with E-state index in [9.17, 15) is 18.8 Å². The first-order valence-electron chi connectivity index (χ1n) is 13.7. The lowest BCUT2D eigenvalue weighted by molar-refractivity contribution is 0.0664. The van der Waals surface area contributed by atoms with Crippen LogP contribution in [0.5, 0.6) is 5.75 Å². The van der Waals surface area contributed by atoms with Gasteiger partial charge < -0.3 is 9.64 Å². The number of fused-ring (bicyclic) bond motifs is 5. The molecule has 0 radical (unpaired) electrons. The van der Waals surface area contributed by atoms with Crippen LogP contribution in [0.25, 0.3) is 6.08 Å². The Labute approximate surface area is 236 Å². The molecular weight excluding hydrogens is 517 g/mol. The second-order valence-electron chi connectivity index (χ2n) is 10.6. The standard InChI is InChI=1S/C35H26FNO4/c1-2-41-28-15-9-8-14-26(28)30-31(32(38)21-10-4-3-5-11-21)37-27-18-17-23(36)20-22(27)16-19-29(37)35(30)33(39)24-12-6-7-13-25(24)34(35)40/h3-20,29-31H,2H2,1H3/t29-,30+,31+/m0/s1.